The number of hydrogen-bond acceptors (Lipinski definition) is 2. The summed E-state index contributed by atoms with van der Waals surface area (Å²) in [6, 6.07) is 5.18. The van der Waals surface area contributed by atoms with Gasteiger partial charge >= 0.3 is 0 Å². The summed E-state index contributed by atoms with van der Waals surface area (Å²) in [5.41, 5.74) is 0.576. The maximum Gasteiger partial charge on any atom is 0.251 e. The first kappa shape index (κ1) is 14.8. The van der Waals surface area contributed by atoms with Gasteiger partial charge < -0.3 is 10.1 Å². The molecule has 1 amide bonds. The number of ether oxygens (including phenoxy) is 1. The summed E-state index contributed by atoms with van der Waals surface area (Å²) < 4.78 is 6.29. The van der Waals surface area contributed by atoms with Gasteiger partial charge in [0.05, 0.1) is 5.02 Å². The van der Waals surface area contributed by atoms with Gasteiger partial charge in [-0.1, -0.05) is 11.6 Å². The number of carbonyl (C=O) groups is 1. The number of amides is 1. The molecule has 0 radical (unpaired) electrons. The lowest BCUT2D eigenvalue weighted by molar-refractivity contribution is 0.0937. The Hall–Kier alpha value is -0.580. The van der Waals surface area contributed by atoms with Crippen LogP contribution in [0.4, 0.5) is 0 Å². The third kappa shape index (κ3) is 5.13. The minimum absolute atomic E-state index is 0.100. The molecule has 0 saturated heterocycles. The van der Waals surface area contributed by atoms with Gasteiger partial charge in [-0.3, -0.25) is 4.79 Å². The summed E-state index contributed by atoms with van der Waals surface area (Å²) in [5, 5.41) is 3.40. The number of rotatable bonds is 7. The van der Waals surface area contributed by atoms with Crippen molar-refractivity contribution in [2.75, 3.05) is 19.8 Å². The second-order valence-electron chi connectivity index (χ2n) is 4.76. The number of benzene rings is 1. The average Bonchev–Trinajstić information content (AvgIpc) is 3.20. The van der Waals surface area contributed by atoms with Crippen molar-refractivity contribution < 1.29 is 9.53 Å². The standard InChI is InChI=1S/C14H17BrClNO2/c15-12-5-4-11(8-13(12)16)14(18)17-6-1-7-19-9-10-2-3-10/h4-5,8,10H,1-3,6-7,9H2,(H,17,18). The number of carbonyl (C=O) groups excluding carboxylic acids is 1. The average molecular weight is 347 g/mol. The molecule has 0 unspecified atom stereocenters. The summed E-state index contributed by atoms with van der Waals surface area (Å²) in [5.74, 6) is 0.691. The zero-order valence-corrected chi connectivity index (χ0v) is 13.0. The van der Waals surface area contributed by atoms with Crippen LogP contribution in [0, 0.1) is 5.92 Å². The van der Waals surface area contributed by atoms with Crippen molar-refractivity contribution >= 4 is 33.4 Å². The fourth-order valence-electron chi connectivity index (χ4n) is 1.65. The largest absolute Gasteiger partial charge is 0.381 e. The first-order chi connectivity index (χ1) is 9.16. The van der Waals surface area contributed by atoms with Crippen molar-refractivity contribution in [3.05, 3.63) is 33.3 Å². The van der Waals surface area contributed by atoms with Crippen LogP contribution in [-0.4, -0.2) is 25.7 Å². The molecule has 0 aliphatic heterocycles. The van der Waals surface area contributed by atoms with Crippen molar-refractivity contribution in [1.29, 1.82) is 0 Å². The molecule has 104 valence electrons. The van der Waals surface area contributed by atoms with Crippen LogP contribution in [0.2, 0.25) is 5.02 Å². The Morgan fingerprint density at radius 2 is 2.26 bits per heavy atom. The van der Waals surface area contributed by atoms with E-state index in [1.54, 1.807) is 18.2 Å². The smallest absolute Gasteiger partial charge is 0.251 e. The van der Waals surface area contributed by atoms with Crippen LogP contribution in [-0.2, 0) is 4.74 Å². The van der Waals surface area contributed by atoms with Crippen molar-refractivity contribution in [3.8, 4) is 0 Å². The SMILES string of the molecule is O=C(NCCCOCC1CC1)c1ccc(Br)c(Cl)c1. The van der Waals surface area contributed by atoms with Crippen molar-refractivity contribution in [2.24, 2.45) is 5.92 Å². The van der Waals surface area contributed by atoms with Crippen LogP contribution in [0.1, 0.15) is 29.6 Å². The maximum absolute atomic E-state index is 11.8. The third-order valence-corrected chi connectivity index (χ3v) is 4.22. The minimum atomic E-state index is -0.100. The van der Waals surface area contributed by atoms with E-state index in [0.29, 0.717) is 23.7 Å². The van der Waals surface area contributed by atoms with E-state index in [4.69, 9.17) is 16.3 Å². The molecule has 0 atom stereocenters. The molecule has 19 heavy (non-hydrogen) atoms. The molecular formula is C14H17BrClNO2. The van der Waals surface area contributed by atoms with Gasteiger partial charge in [-0.15, -0.1) is 0 Å². The van der Waals surface area contributed by atoms with Crippen LogP contribution in [0.25, 0.3) is 0 Å². The Kier molecular flexibility index (Phi) is 5.67. The highest BCUT2D eigenvalue weighted by Gasteiger charge is 2.20. The second kappa shape index (κ2) is 7.27. The zero-order chi connectivity index (χ0) is 13.7. The summed E-state index contributed by atoms with van der Waals surface area (Å²) in [6.45, 7) is 2.20. The Bertz CT molecular complexity index is 449. The van der Waals surface area contributed by atoms with Gasteiger partial charge in [-0.2, -0.15) is 0 Å². The van der Waals surface area contributed by atoms with E-state index in [-0.39, 0.29) is 5.91 Å². The van der Waals surface area contributed by atoms with Gasteiger partial charge in [-0.25, -0.2) is 0 Å². The molecule has 1 fully saturated rings. The van der Waals surface area contributed by atoms with Crippen molar-refractivity contribution in [2.45, 2.75) is 19.3 Å². The molecule has 1 aromatic rings. The highest BCUT2D eigenvalue weighted by Crippen LogP contribution is 2.28. The van der Waals surface area contributed by atoms with Crippen molar-refractivity contribution in [3.63, 3.8) is 0 Å². The Balaban J connectivity index is 1.63. The summed E-state index contributed by atoms with van der Waals surface area (Å²) >= 11 is 9.25. The highest BCUT2D eigenvalue weighted by molar-refractivity contribution is 9.10. The van der Waals surface area contributed by atoms with E-state index in [0.717, 1.165) is 23.4 Å². The Morgan fingerprint density at radius 1 is 1.47 bits per heavy atom. The van der Waals surface area contributed by atoms with Crippen molar-refractivity contribution in [1.82, 2.24) is 5.32 Å². The molecular weight excluding hydrogens is 330 g/mol. The topological polar surface area (TPSA) is 38.3 Å². The van der Waals surface area contributed by atoms with E-state index in [9.17, 15) is 4.79 Å². The predicted octanol–water partition coefficient (Wildman–Crippen LogP) is 3.65. The lowest BCUT2D eigenvalue weighted by Crippen LogP contribution is -2.25. The normalized spacial score (nSPS) is 14.4. The van der Waals surface area contributed by atoms with Gasteiger partial charge in [0.25, 0.3) is 5.91 Å². The minimum Gasteiger partial charge on any atom is -0.381 e. The molecule has 2 rings (SSSR count). The van der Waals surface area contributed by atoms with Crippen LogP contribution in [0.15, 0.2) is 22.7 Å². The summed E-state index contributed by atoms with van der Waals surface area (Å²) in [4.78, 5) is 11.8. The number of hydrogen-bond donors (Lipinski definition) is 1. The first-order valence-electron chi connectivity index (χ1n) is 6.48. The highest BCUT2D eigenvalue weighted by atomic mass is 79.9. The monoisotopic (exact) mass is 345 g/mol. The molecule has 1 aromatic carbocycles. The predicted molar refractivity (Wildman–Crippen MR) is 79.6 cm³/mol. The maximum atomic E-state index is 11.8. The lowest BCUT2D eigenvalue weighted by atomic mass is 10.2. The second-order valence-corrected chi connectivity index (χ2v) is 6.02. The summed E-state index contributed by atoms with van der Waals surface area (Å²) in [7, 11) is 0. The van der Waals surface area contributed by atoms with E-state index < -0.39 is 0 Å². The molecule has 0 heterocycles. The van der Waals surface area contributed by atoms with Crippen LogP contribution < -0.4 is 5.32 Å². The van der Waals surface area contributed by atoms with E-state index in [1.165, 1.54) is 12.8 Å². The quantitative estimate of drug-likeness (QED) is 0.765. The lowest BCUT2D eigenvalue weighted by Gasteiger charge is -2.06. The molecule has 1 aliphatic rings. The van der Waals surface area contributed by atoms with Crippen LogP contribution >= 0.6 is 27.5 Å². The Labute approximate surface area is 126 Å². The van der Waals surface area contributed by atoms with Gasteiger partial charge in [0, 0.05) is 29.8 Å². The van der Waals surface area contributed by atoms with E-state index >= 15 is 0 Å². The molecule has 1 N–H and O–H groups in total. The van der Waals surface area contributed by atoms with Crippen LogP contribution in [0.5, 0.6) is 0 Å². The zero-order valence-electron chi connectivity index (χ0n) is 10.6. The van der Waals surface area contributed by atoms with Gasteiger partial charge in [-0.05, 0) is 59.3 Å². The van der Waals surface area contributed by atoms with Crippen LogP contribution in [0.3, 0.4) is 0 Å². The molecule has 0 bridgehead atoms. The number of halogens is 2. The molecule has 3 nitrogen and oxygen atoms in total. The fraction of sp³-hybridized carbons (Fsp3) is 0.500. The van der Waals surface area contributed by atoms with Gasteiger partial charge in [0.15, 0.2) is 0 Å². The molecule has 0 spiro atoms. The molecule has 1 aliphatic carbocycles. The first-order valence-corrected chi connectivity index (χ1v) is 7.65. The Morgan fingerprint density at radius 3 is 2.95 bits per heavy atom. The molecule has 5 heteroatoms. The van der Waals surface area contributed by atoms with E-state index in [1.807, 2.05) is 0 Å². The third-order valence-electron chi connectivity index (χ3n) is 2.98. The van der Waals surface area contributed by atoms with E-state index in [2.05, 4.69) is 21.2 Å². The summed E-state index contributed by atoms with van der Waals surface area (Å²) in [6.07, 6.45) is 3.45. The molecule has 0 aromatic heterocycles. The molecule has 1 saturated carbocycles. The van der Waals surface area contributed by atoms with Gasteiger partial charge in [0.2, 0.25) is 0 Å². The van der Waals surface area contributed by atoms with Gasteiger partial charge in [0.1, 0.15) is 0 Å². The number of nitrogens with one attached hydrogen (secondary N) is 1. The fourth-order valence-corrected chi connectivity index (χ4v) is 2.08.